The number of ketones is 1. The molecule has 0 fully saturated rings. The van der Waals surface area contributed by atoms with Crippen LogP contribution < -0.4 is 10.9 Å². The molecule has 34 heavy (non-hydrogen) atoms. The number of hydrogen-bond acceptors (Lipinski definition) is 4. The first kappa shape index (κ1) is 25.1. The molecule has 2 atom stereocenters. The SMILES string of the molecule is CC(=O)C[C@H](NC(=O)[C@H](CC(C)C)n1ccccc1=O)c1cccc(-c2c(C)nn(C)c2C)c1. The van der Waals surface area contributed by atoms with Crippen molar-refractivity contribution in [2.24, 2.45) is 13.0 Å². The fraction of sp³-hybridized carbons (Fsp3) is 0.407. The Kier molecular flexibility index (Phi) is 7.87. The van der Waals surface area contributed by atoms with Crippen molar-refractivity contribution in [2.45, 2.75) is 59.5 Å². The third-order valence-corrected chi connectivity index (χ3v) is 6.08. The molecule has 2 heterocycles. The first-order chi connectivity index (χ1) is 16.1. The van der Waals surface area contributed by atoms with Gasteiger partial charge in [-0.3, -0.25) is 19.1 Å². The van der Waals surface area contributed by atoms with Crippen LogP contribution in [0, 0.1) is 19.8 Å². The molecular formula is C27H34N4O3. The number of pyridine rings is 1. The Morgan fingerprint density at radius 1 is 1.09 bits per heavy atom. The second-order valence-electron chi connectivity index (χ2n) is 9.35. The topological polar surface area (TPSA) is 86.0 Å². The maximum Gasteiger partial charge on any atom is 0.251 e. The van der Waals surface area contributed by atoms with Crippen molar-refractivity contribution in [3.63, 3.8) is 0 Å². The number of Topliss-reactive ketones (excluding diaryl/α,β-unsaturated/α-hetero) is 1. The summed E-state index contributed by atoms with van der Waals surface area (Å²) in [4.78, 5) is 38.1. The summed E-state index contributed by atoms with van der Waals surface area (Å²) in [5, 5.41) is 7.58. The molecule has 1 amide bonds. The van der Waals surface area contributed by atoms with E-state index in [0.29, 0.717) is 6.42 Å². The first-order valence-electron chi connectivity index (χ1n) is 11.7. The molecule has 2 aromatic heterocycles. The van der Waals surface area contributed by atoms with Gasteiger partial charge in [-0.05, 0) is 56.4 Å². The fourth-order valence-electron chi connectivity index (χ4n) is 4.40. The lowest BCUT2D eigenvalue weighted by Gasteiger charge is -2.25. The van der Waals surface area contributed by atoms with Crippen molar-refractivity contribution >= 4 is 11.7 Å². The van der Waals surface area contributed by atoms with Crippen molar-refractivity contribution in [2.75, 3.05) is 0 Å². The molecule has 3 rings (SSSR count). The van der Waals surface area contributed by atoms with Gasteiger partial charge < -0.3 is 9.88 Å². The summed E-state index contributed by atoms with van der Waals surface area (Å²) in [6, 6.07) is 11.6. The van der Waals surface area contributed by atoms with Crippen LogP contribution >= 0.6 is 0 Å². The average molecular weight is 463 g/mol. The van der Waals surface area contributed by atoms with Gasteiger partial charge in [0.25, 0.3) is 5.56 Å². The number of hydrogen-bond donors (Lipinski definition) is 1. The normalized spacial score (nSPS) is 13.0. The quantitative estimate of drug-likeness (QED) is 0.514. The molecule has 0 aliphatic rings. The minimum absolute atomic E-state index is 0.0262. The molecule has 3 aromatic rings. The minimum Gasteiger partial charge on any atom is -0.347 e. The molecule has 0 aliphatic heterocycles. The Balaban J connectivity index is 1.97. The van der Waals surface area contributed by atoms with E-state index in [4.69, 9.17) is 0 Å². The number of nitrogens with zero attached hydrogens (tertiary/aromatic N) is 3. The van der Waals surface area contributed by atoms with Gasteiger partial charge >= 0.3 is 0 Å². The Labute approximate surface area is 200 Å². The summed E-state index contributed by atoms with van der Waals surface area (Å²) in [7, 11) is 1.91. The standard InChI is InChI=1S/C27H34N4O3/c1-17(2)14-24(31-13-8-7-12-25(31)33)27(34)28-23(15-18(3)32)21-10-9-11-22(16-21)26-19(4)29-30(6)20(26)5/h7-13,16-17,23-24H,14-15H2,1-6H3,(H,28,34)/t23-,24-/m0/s1. The predicted molar refractivity (Wildman–Crippen MR) is 133 cm³/mol. The van der Waals surface area contributed by atoms with Gasteiger partial charge in [0, 0.05) is 37.0 Å². The van der Waals surface area contributed by atoms with Crippen LogP contribution in [0.25, 0.3) is 11.1 Å². The van der Waals surface area contributed by atoms with Crippen LogP contribution in [0.4, 0.5) is 0 Å². The van der Waals surface area contributed by atoms with E-state index in [-0.39, 0.29) is 29.6 Å². The smallest absolute Gasteiger partial charge is 0.251 e. The van der Waals surface area contributed by atoms with Gasteiger partial charge in [-0.15, -0.1) is 0 Å². The van der Waals surface area contributed by atoms with Crippen LogP contribution in [0.15, 0.2) is 53.5 Å². The highest BCUT2D eigenvalue weighted by atomic mass is 16.2. The lowest BCUT2D eigenvalue weighted by atomic mass is 9.95. The van der Waals surface area contributed by atoms with E-state index in [2.05, 4.69) is 10.4 Å². The zero-order valence-corrected chi connectivity index (χ0v) is 20.8. The zero-order chi connectivity index (χ0) is 25.0. The van der Waals surface area contributed by atoms with Gasteiger partial charge in [0.15, 0.2) is 0 Å². The van der Waals surface area contributed by atoms with E-state index in [1.807, 2.05) is 63.7 Å². The van der Waals surface area contributed by atoms with Gasteiger partial charge in [-0.25, -0.2) is 0 Å². The van der Waals surface area contributed by atoms with Gasteiger partial charge in [0.1, 0.15) is 11.8 Å². The number of benzene rings is 1. The van der Waals surface area contributed by atoms with Crippen molar-refractivity contribution in [1.82, 2.24) is 19.7 Å². The minimum atomic E-state index is -0.658. The summed E-state index contributed by atoms with van der Waals surface area (Å²) >= 11 is 0. The second-order valence-corrected chi connectivity index (χ2v) is 9.35. The number of carbonyl (C=O) groups excluding carboxylic acids is 2. The van der Waals surface area contributed by atoms with E-state index >= 15 is 0 Å². The number of aromatic nitrogens is 3. The zero-order valence-electron chi connectivity index (χ0n) is 20.8. The van der Waals surface area contributed by atoms with Crippen LogP contribution in [0.5, 0.6) is 0 Å². The molecule has 180 valence electrons. The van der Waals surface area contributed by atoms with Crippen molar-refractivity contribution in [1.29, 1.82) is 0 Å². The van der Waals surface area contributed by atoms with E-state index < -0.39 is 12.1 Å². The lowest BCUT2D eigenvalue weighted by molar-refractivity contribution is -0.126. The second kappa shape index (κ2) is 10.6. The van der Waals surface area contributed by atoms with Gasteiger partial charge in [-0.1, -0.05) is 38.1 Å². The Morgan fingerprint density at radius 3 is 2.41 bits per heavy atom. The van der Waals surface area contributed by atoms with E-state index in [1.165, 1.54) is 17.6 Å². The predicted octanol–water partition coefficient (Wildman–Crippen LogP) is 4.29. The number of rotatable bonds is 9. The largest absolute Gasteiger partial charge is 0.347 e. The third-order valence-electron chi connectivity index (χ3n) is 6.08. The summed E-state index contributed by atoms with van der Waals surface area (Å²) in [6.07, 6.45) is 2.32. The Hall–Kier alpha value is -3.48. The summed E-state index contributed by atoms with van der Waals surface area (Å²) < 4.78 is 3.32. The highest BCUT2D eigenvalue weighted by Gasteiger charge is 2.26. The number of nitrogens with one attached hydrogen (secondary N) is 1. The molecule has 0 spiro atoms. The number of carbonyl (C=O) groups is 2. The molecule has 0 saturated carbocycles. The van der Waals surface area contributed by atoms with Crippen LogP contribution in [0.2, 0.25) is 0 Å². The average Bonchev–Trinajstić information content (AvgIpc) is 3.03. The lowest BCUT2D eigenvalue weighted by Crippen LogP contribution is -2.39. The van der Waals surface area contributed by atoms with Crippen molar-refractivity contribution < 1.29 is 9.59 Å². The van der Waals surface area contributed by atoms with Gasteiger partial charge in [-0.2, -0.15) is 5.10 Å². The molecule has 0 bridgehead atoms. The molecule has 0 saturated heterocycles. The van der Waals surface area contributed by atoms with Gasteiger partial charge in [0.2, 0.25) is 5.91 Å². The molecule has 7 heteroatoms. The molecule has 0 aliphatic carbocycles. The Bertz CT molecular complexity index is 1240. The molecule has 0 radical (unpaired) electrons. The monoisotopic (exact) mass is 462 g/mol. The molecule has 1 N–H and O–H groups in total. The summed E-state index contributed by atoms with van der Waals surface area (Å²) in [5.74, 6) is -0.0944. The maximum atomic E-state index is 13.5. The summed E-state index contributed by atoms with van der Waals surface area (Å²) in [5.41, 5.74) is 4.61. The highest BCUT2D eigenvalue weighted by molar-refractivity contribution is 5.83. The van der Waals surface area contributed by atoms with Crippen molar-refractivity contribution in [3.05, 3.63) is 76.0 Å². The van der Waals surface area contributed by atoms with Crippen LogP contribution in [0.1, 0.15) is 62.6 Å². The highest BCUT2D eigenvalue weighted by Crippen LogP contribution is 2.30. The summed E-state index contributed by atoms with van der Waals surface area (Å²) in [6.45, 7) is 9.54. The van der Waals surface area contributed by atoms with Crippen molar-refractivity contribution in [3.8, 4) is 11.1 Å². The van der Waals surface area contributed by atoms with E-state index in [0.717, 1.165) is 28.1 Å². The number of aryl methyl sites for hydroxylation is 2. The van der Waals surface area contributed by atoms with Crippen LogP contribution in [-0.4, -0.2) is 26.0 Å². The molecular weight excluding hydrogens is 428 g/mol. The van der Waals surface area contributed by atoms with Gasteiger partial charge in [0.05, 0.1) is 11.7 Å². The maximum absolute atomic E-state index is 13.5. The molecule has 0 unspecified atom stereocenters. The van der Waals surface area contributed by atoms with Crippen LogP contribution in [-0.2, 0) is 16.6 Å². The molecule has 7 nitrogen and oxygen atoms in total. The molecule has 1 aromatic carbocycles. The van der Waals surface area contributed by atoms with Crippen LogP contribution in [0.3, 0.4) is 0 Å². The third kappa shape index (κ3) is 5.71. The Morgan fingerprint density at radius 2 is 1.82 bits per heavy atom. The van der Waals surface area contributed by atoms with E-state index in [1.54, 1.807) is 18.3 Å². The fourth-order valence-corrected chi connectivity index (χ4v) is 4.40. The van der Waals surface area contributed by atoms with E-state index in [9.17, 15) is 14.4 Å². The number of amides is 1. The first-order valence-corrected chi connectivity index (χ1v) is 11.7.